The van der Waals surface area contributed by atoms with Crippen LogP contribution in [0.1, 0.15) is 51.4 Å². The molecule has 0 amide bonds. The van der Waals surface area contributed by atoms with E-state index in [1.165, 1.54) is 73.6 Å². The van der Waals surface area contributed by atoms with Crippen LogP contribution in [0, 0.1) is 5.92 Å². The third-order valence-corrected chi connectivity index (χ3v) is 8.18. The van der Waals surface area contributed by atoms with Crippen LogP contribution in [-0.4, -0.2) is 18.1 Å². The number of ether oxygens (including phenoxy) is 1. The molecule has 2 fully saturated rings. The van der Waals surface area contributed by atoms with Gasteiger partial charge in [-0.25, -0.2) is 0 Å². The van der Waals surface area contributed by atoms with Crippen LogP contribution >= 0.6 is 0 Å². The highest BCUT2D eigenvalue weighted by Crippen LogP contribution is 2.35. The van der Waals surface area contributed by atoms with Crippen molar-refractivity contribution in [3.8, 4) is 5.75 Å². The molecular weight excluding hydrogens is 312 g/mol. The first-order valence-electron chi connectivity index (χ1n) is 9.74. The number of hydrogen-bond acceptors (Lipinski definition) is 1. The van der Waals surface area contributed by atoms with Gasteiger partial charge in [0.2, 0.25) is 0 Å². The van der Waals surface area contributed by atoms with E-state index in [2.05, 4.69) is 36.4 Å². The lowest BCUT2D eigenvalue weighted by Gasteiger charge is -2.22. The molecule has 128 valence electrons. The molecule has 1 nitrogen and oxygen atoms in total. The zero-order chi connectivity index (χ0) is 16.2. The summed E-state index contributed by atoms with van der Waals surface area (Å²) in [5.41, 5.74) is 0. The summed E-state index contributed by atoms with van der Waals surface area (Å²) in [6, 6.07) is 13.5. The van der Waals surface area contributed by atoms with Crippen molar-refractivity contribution in [1.29, 1.82) is 0 Å². The third kappa shape index (κ3) is 3.59. The predicted molar refractivity (Wildman–Crippen MR) is 105 cm³/mol. The van der Waals surface area contributed by atoms with Gasteiger partial charge in [-0.05, 0) is 56.2 Å². The maximum Gasteiger partial charge on any atom is 0.162 e. The van der Waals surface area contributed by atoms with Crippen LogP contribution in [0.25, 0.3) is 10.8 Å². The number of hydrogen-bond donors (Lipinski definition) is 0. The van der Waals surface area contributed by atoms with E-state index in [0.29, 0.717) is 10.9 Å². The zero-order valence-corrected chi connectivity index (χ0v) is 15.5. The lowest BCUT2D eigenvalue weighted by molar-refractivity contribution is 0.210. The third-order valence-electron chi connectivity index (χ3n) is 5.64. The molecule has 1 saturated carbocycles. The summed E-state index contributed by atoms with van der Waals surface area (Å²) in [5.74, 6) is 4.62. The highest BCUT2D eigenvalue weighted by Gasteiger charge is 2.27. The molecule has 0 unspecified atom stereocenters. The Hall–Kier alpha value is -1.15. The van der Waals surface area contributed by atoms with E-state index in [4.69, 9.17) is 4.74 Å². The highest BCUT2D eigenvalue weighted by atomic mass is 32.2. The van der Waals surface area contributed by atoms with Crippen molar-refractivity contribution in [3.63, 3.8) is 0 Å². The highest BCUT2D eigenvalue weighted by molar-refractivity contribution is 7.97. The Kier molecular flexibility index (Phi) is 5.32. The quantitative estimate of drug-likeness (QED) is 0.623. The van der Waals surface area contributed by atoms with Crippen molar-refractivity contribution in [1.82, 2.24) is 0 Å². The van der Waals surface area contributed by atoms with Gasteiger partial charge in [-0.3, -0.25) is 0 Å². The van der Waals surface area contributed by atoms with E-state index in [1.54, 1.807) is 4.90 Å². The van der Waals surface area contributed by atoms with Crippen molar-refractivity contribution < 1.29 is 4.74 Å². The summed E-state index contributed by atoms with van der Waals surface area (Å²) < 4.78 is 6.30. The monoisotopic (exact) mass is 341 g/mol. The number of fused-ring (bicyclic) bond motifs is 1. The Labute approximate surface area is 149 Å². The molecule has 2 heteroatoms. The summed E-state index contributed by atoms with van der Waals surface area (Å²) in [6.45, 7) is 0.898. The van der Waals surface area contributed by atoms with Gasteiger partial charge < -0.3 is 4.74 Å². The molecule has 1 aliphatic heterocycles. The largest absolute Gasteiger partial charge is 0.493 e. The second-order valence-corrected chi connectivity index (χ2v) is 9.63. The molecule has 0 bridgehead atoms. The normalized spacial score (nSPS) is 20.3. The second kappa shape index (κ2) is 7.82. The average Bonchev–Trinajstić information content (AvgIpc) is 2.67. The minimum Gasteiger partial charge on any atom is -0.493 e. The minimum atomic E-state index is 0.445. The average molecular weight is 342 g/mol. The Morgan fingerprint density at radius 3 is 2.29 bits per heavy atom. The summed E-state index contributed by atoms with van der Waals surface area (Å²) in [6.07, 6.45) is 11.1. The Balaban J connectivity index is 1.57. The number of rotatable bonds is 4. The predicted octanol–water partition coefficient (Wildman–Crippen LogP) is 5.96. The van der Waals surface area contributed by atoms with E-state index in [9.17, 15) is 0 Å². The fourth-order valence-corrected chi connectivity index (χ4v) is 6.73. The smallest absolute Gasteiger partial charge is 0.162 e. The lowest BCUT2D eigenvalue weighted by Crippen LogP contribution is -2.18. The first-order chi connectivity index (χ1) is 11.9. The summed E-state index contributed by atoms with van der Waals surface area (Å²) >= 11 is 0. The SMILES string of the molecule is c1ccc2c([S+]3CCCCC3)ccc(OCC3CCCCC3)c2c1. The van der Waals surface area contributed by atoms with Crippen LogP contribution in [0.3, 0.4) is 0 Å². The van der Waals surface area contributed by atoms with Crippen LogP contribution in [0.15, 0.2) is 41.3 Å². The van der Waals surface area contributed by atoms with Gasteiger partial charge in [-0.2, -0.15) is 0 Å². The van der Waals surface area contributed by atoms with Crippen LogP contribution in [0.4, 0.5) is 0 Å². The van der Waals surface area contributed by atoms with Gasteiger partial charge in [0.1, 0.15) is 17.3 Å². The van der Waals surface area contributed by atoms with Crippen LogP contribution in [0.2, 0.25) is 0 Å². The van der Waals surface area contributed by atoms with Gasteiger partial charge in [0.15, 0.2) is 4.90 Å². The van der Waals surface area contributed by atoms with Gasteiger partial charge >= 0.3 is 0 Å². The van der Waals surface area contributed by atoms with Crippen molar-refractivity contribution in [3.05, 3.63) is 36.4 Å². The molecule has 0 N–H and O–H groups in total. The Morgan fingerprint density at radius 2 is 1.50 bits per heavy atom. The Bertz CT molecular complexity index is 669. The molecule has 1 aliphatic carbocycles. The van der Waals surface area contributed by atoms with E-state index in [0.717, 1.165) is 18.3 Å². The van der Waals surface area contributed by atoms with Crippen molar-refractivity contribution in [2.24, 2.45) is 5.92 Å². The molecule has 0 spiro atoms. The molecule has 0 atom stereocenters. The fourth-order valence-electron chi connectivity index (χ4n) is 4.23. The minimum absolute atomic E-state index is 0.445. The van der Waals surface area contributed by atoms with Gasteiger partial charge in [0, 0.05) is 21.7 Å². The molecule has 4 rings (SSSR count). The molecule has 1 saturated heterocycles. The topological polar surface area (TPSA) is 9.23 Å². The van der Waals surface area contributed by atoms with Crippen molar-refractivity contribution in [2.45, 2.75) is 56.3 Å². The fraction of sp³-hybridized carbons (Fsp3) is 0.545. The summed E-state index contributed by atoms with van der Waals surface area (Å²) in [5, 5.41) is 2.76. The van der Waals surface area contributed by atoms with Gasteiger partial charge in [0.05, 0.1) is 6.61 Å². The van der Waals surface area contributed by atoms with Gasteiger partial charge in [-0.15, -0.1) is 0 Å². The maximum atomic E-state index is 6.30. The van der Waals surface area contributed by atoms with E-state index in [1.807, 2.05) is 0 Å². The number of benzene rings is 2. The summed E-state index contributed by atoms with van der Waals surface area (Å²) in [7, 11) is 0.445. The van der Waals surface area contributed by atoms with Crippen LogP contribution in [0.5, 0.6) is 5.75 Å². The molecule has 2 aromatic carbocycles. The zero-order valence-electron chi connectivity index (χ0n) is 14.6. The maximum absolute atomic E-state index is 6.30. The lowest BCUT2D eigenvalue weighted by atomic mass is 9.90. The molecule has 0 radical (unpaired) electrons. The van der Waals surface area contributed by atoms with Crippen molar-refractivity contribution >= 4 is 21.7 Å². The van der Waals surface area contributed by atoms with E-state index in [-0.39, 0.29) is 0 Å². The first kappa shape index (κ1) is 16.3. The standard InChI is InChI=1S/C22H29OS/c1-3-9-18(10-4-1)17-23-21-13-14-22(24-15-7-2-8-16-24)20-12-6-5-11-19(20)21/h5-6,11-14,18H,1-4,7-10,15-17H2/q+1. The van der Waals surface area contributed by atoms with Crippen molar-refractivity contribution in [2.75, 3.05) is 18.1 Å². The second-order valence-electron chi connectivity index (χ2n) is 7.38. The van der Waals surface area contributed by atoms with Crippen LogP contribution in [-0.2, 0) is 10.9 Å². The molecule has 0 aromatic heterocycles. The molecule has 24 heavy (non-hydrogen) atoms. The van der Waals surface area contributed by atoms with E-state index < -0.39 is 0 Å². The summed E-state index contributed by atoms with van der Waals surface area (Å²) in [4.78, 5) is 1.58. The van der Waals surface area contributed by atoms with Crippen LogP contribution < -0.4 is 4.74 Å². The molecule has 2 aliphatic rings. The van der Waals surface area contributed by atoms with Gasteiger partial charge in [0.25, 0.3) is 0 Å². The first-order valence-corrected chi connectivity index (χ1v) is 11.3. The van der Waals surface area contributed by atoms with E-state index >= 15 is 0 Å². The Morgan fingerprint density at radius 1 is 0.792 bits per heavy atom. The molecule has 2 aromatic rings. The van der Waals surface area contributed by atoms with Gasteiger partial charge in [-0.1, -0.05) is 37.5 Å². The molecular formula is C22H29OS+. The molecule has 1 heterocycles.